The van der Waals surface area contributed by atoms with Gasteiger partial charge >= 0.3 is 0 Å². The highest BCUT2D eigenvalue weighted by Crippen LogP contribution is 2.47. The van der Waals surface area contributed by atoms with Gasteiger partial charge in [0, 0.05) is 24.2 Å². The first-order chi connectivity index (χ1) is 15.6. The lowest BCUT2D eigenvalue weighted by Gasteiger charge is -2.52. The summed E-state index contributed by atoms with van der Waals surface area (Å²) in [7, 11) is 0. The highest BCUT2D eigenvalue weighted by atomic mass is 16.3. The van der Waals surface area contributed by atoms with Crippen LogP contribution in [0.1, 0.15) is 59.4 Å². The van der Waals surface area contributed by atoms with Gasteiger partial charge < -0.3 is 10.0 Å². The molecule has 1 saturated carbocycles. The van der Waals surface area contributed by atoms with Crippen LogP contribution >= 0.6 is 0 Å². The summed E-state index contributed by atoms with van der Waals surface area (Å²) in [4.78, 5) is 15.6. The summed E-state index contributed by atoms with van der Waals surface area (Å²) in [6.07, 6.45) is 4.64. The zero-order valence-electron chi connectivity index (χ0n) is 18.7. The third-order valence-corrected chi connectivity index (χ3v) is 7.39. The number of carbonyl (C=O) groups is 1. The standard InChI is InChI=1S/C27H31N3O2/c1-20-18-24(28-30(20)19-21-10-4-2-5-11-21)26(31)29-17-16-27(32,22-12-6-3-7-13-22)23-14-8-9-15-25(23)29/h2-7,10-13,18,23,25,32H,8-9,14-17,19H2,1H3. The van der Waals surface area contributed by atoms with E-state index in [-0.39, 0.29) is 17.9 Å². The molecule has 2 heterocycles. The third kappa shape index (κ3) is 3.75. The van der Waals surface area contributed by atoms with Gasteiger partial charge in [0.15, 0.2) is 5.69 Å². The predicted molar refractivity (Wildman–Crippen MR) is 124 cm³/mol. The zero-order chi connectivity index (χ0) is 22.1. The molecule has 1 saturated heterocycles. The second kappa shape index (κ2) is 8.55. The van der Waals surface area contributed by atoms with Crippen molar-refractivity contribution in [1.29, 1.82) is 0 Å². The van der Waals surface area contributed by atoms with Crippen molar-refractivity contribution < 1.29 is 9.90 Å². The summed E-state index contributed by atoms with van der Waals surface area (Å²) >= 11 is 0. The van der Waals surface area contributed by atoms with Gasteiger partial charge in [-0.3, -0.25) is 9.48 Å². The zero-order valence-corrected chi connectivity index (χ0v) is 18.7. The van der Waals surface area contributed by atoms with Gasteiger partial charge in [-0.2, -0.15) is 5.10 Å². The van der Waals surface area contributed by atoms with Crippen LogP contribution < -0.4 is 0 Å². The molecule has 1 amide bonds. The van der Waals surface area contributed by atoms with Crippen molar-refractivity contribution in [2.75, 3.05) is 6.54 Å². The number of carbonyl (C=O) groups excluding carboxylic acids is 1. The Hall–Kier alpha value is -2.92. The molecule has 5 heteroatoms. The van der Waals surface area contributed by atoms with Gasteiger partial charge in [-0.15, -0.1) is 0 Å². The first kappa shape index (κ1) is 21.0. The highest BCUT2D eigenvalue weighted by Gasteiger charge is 2.50. The number of hydrogen-bond acceptors (Lipinski definition) is 3. The van der Waals surface area contributed by atoms with Crippen LogP contribution in [-0.2, 0) is 12.1 Å². The minimum absolute atomic E-state index is 0.00748. The van der Waals surface area contributed by atoms with E-state index in [2.05, 4.69) is 17.2 Å². The molecule has 1 aromatic heterocycles. The molecule has 1 aliphatic heterocycles. The molecule has 2 fully saturated rings. The Kier molecular flexibility index (Phi) is 5.60. The summed E-state index contributed by atoms with van der Waals surface area (Å²) in [5.74, 6) is 0.0516. The number of likely N-dealkylation sites (tertiary alicyclic amines) is 1. The van der Waals surface area contributed by atoms with E-state index in [1.807, 2.05) is 71.1 Å². The number of aromatic nitrogens is 2. The third-order valence-electron chi connectivity index (χ3n) is 7.39. The van der Waals surface area contributed by atoms with E-state index in [0.29, 0.717) is 25.2 Å². The SMILES string of the molecule is Cc1cc(C(=O)N2CCC(O)(c3ccccc3)C3CCCCC32)nn1Cc1ccccc1. The average Bonchev–Trinajstić information content (AvgIpc) is 3.20. The van der Waals surface area contributed by atoms with Crippen LogP contribution in [0.25, 0.3) is 0 Å². The number of benzene rings is 2. The largest absolute Gasteiger partial charge is 0.385 e. The monoisotopic (exact) mass is 429 g/mol. The van der Waals surface area contributed by atoms with Gasteiger partial charge in [0.25, 0.3) is 5.91 Å². The lowest BCUT2D eigenvalue weighted by atomic mass is 9.66. The van der Waals surface area contributed by atoms with Crippen LogP contribution in [0.3, 0.4) is 0 Å². The molecule has 3 unspecified atom stereocenters. The number of aryl methyl sites for hydroxylation is 1. The molecule has 3 aromatic rings. The number of aliphatic hydroxyl groups is 1. The molecule has 2 aliphatic rings. The number of fused-ring (bicyclic) bond motifs is 1. The van der Waals surface area contributed by atoms with Gasteiger partial charge in [-0.25, -0.2) is 0 Å². The molecule has 0 spiro atoms. The fourth-order valence-corrected chi connectivity index (χ4v) is 5.70. The normalized spacial score (nSPS) is 25.4. The molecule has 0 radical (unpaired) electrons. The Bertz CT molecular complexity index is 1080. The minimum Gasteiger partial charge on any atom is -0.385 e. The molecule has 2 aromatic carbocycles. The number of rotatable bonds is 4. The Morgan fingerprint density at radius 2 is 1.75 bits per heavy atom. The van der Waals surface area contributed by atoms with Crippen molar-refractivity contribution in [2.24, 2.45) is 5.92 Å². The van der Waals surface area contributed by atoms with E-state index in [0.717, 1.165) is 42.5 Å². The van der Waals surface area contributed by atoms with Crippen molar-refractivity contribution in [3.8, 4) is 0 Å². The van der Waals surface area contributed by atoms with Gasteiger partial charge in [0.2, 0.25) is 0 Å². The summed E-state index contributed by atoms with van der Waals surface area (Å²) in [5, 5.41) is 16.4. The van der Waals surface area contributed by atoms with E-state index >= 15 is 0 Å². The maximum Gasteiger partial charge on any atom is 0.274 e. The van der Waals surface area contributed by atoms with Crippen LogP contribution in [0.15, 0.2) is 66.7 Å². The van der Waals surface area contributed by atoms with Gasteiger partial charge in [-0.05, 0) is 43.4 Å². The molecule has 1 aliphatic carbocycles. The molecular formula is C27H31N3O2. The second-order valence-corrected chi connectivity index (χ2v) is 9.31. The number of piperidine rings is 1. The summed E-state index contributed by atoms with van der Waals surface area (Å²) < 4.78 is 1.91. The van der Waals surface area contributed by atoms with E-state index in [1.54, 1.807) is 0 Å². The van der Waals surface area contributed by atoms with Crippen LogP contribution in [0.2, 0.25) is 0 Å². The number of hydrogen-bond donors (Lipinski definition) is 1. The lowest BCUT2D eigenvalue weighted by molar-refractivity contribution is -0.110. The molecular weight excluding hydrogens is 398 g/mol. The minimum atomic E-state index is -0.869. The Balaban J connectivity index is 1.40. The predicted octanol–water partition coefficient (Wildman–Crippen LogP) is 4.53. The fourth-order valence-electron chi connectivity index (χ4n) is 5.70. The smallest absolute Gasteiger partial charge is 0.274 e. The van der Waals surface area contributed by atoms with Crippen molar-refractivity contribution in [2.45, 2.75) is 57.2 Å². The summed E-state index contributed by atoms with van der Waals surface area (Å²) in [5.41, 5.74) is 2.76. The van der Waals surface area contributed by atoms with Gasteiger partial charge in [-0.1, -0.05) is 73.5 Å². The van der Waals surface area contributed by atoms with Crippen LogP contribution in [0, 0.1) is 12.8 Å². The summed E-state index contributed by atoms with van der Waals surface area (Å²) in [6.45, 7) is 3.20. The highest BCUT2D eigenvalue weighted by molar-refractivity contribution is 5.92. The van der Waals surface area contributed by atoms with Crippen LogP contribution in [0.4, 0.5) is 0 Å². The Morgan fingerprint density at radius 3 is 2.50 bits per heavy atom. The van der Waals surface area contributed by atoms with Gasteiger partial charge in [0.05, 0.1) is 12.1 Å². The van der Waals surface area contributed by atoms with E-state index in [9.17, 15) is 9.90 Å². The van der Waals surface area contributed by atoms with Crippen molar-refractivity contribution in [1.82, 2.24) is 14.7 Å². The fraction of sp³-hybridized carbons (Fsp3) is 0.407. The van der Waals surface area contributed by atoms with E-state index in [4.69, 9.17) is 0 Å². The molecule has 1 N–H and O–H groups in total. The first-order valence-corrected chi connectivity index (χ1v) is 11.7. The van der Waals surface area contributed by atoms with E-state index in [1.165, 1.54) is 0 Å². The molecule has 32 heavy (non-hydrogen) atoms. The molecule has 5 rings (SSSR count). The maximum atomic E-state index is 13.6. The molecule has 5 nitrogen and oxygen atoms in total. The van der Waals surface area contributed by atoms with E-state index < -0.39 is 5.60 Å². The average molecular weight is 430 g/mol. The van der Waals surface area contributed by atoms with Crippen molar-refractivity contribution in [3.05, 3.63) is 89.2 Å². The van der Waals surface area contributed by atoms with Crippen molar-refractivity contribution >= 4 is 5.91 Å². The Labute approximate surface area is 189 Å². The number of amides is 1. The first-order valence-electron chi connectivity index (χ1n) is 11.7. The number of nitrogens with zero attached hydrogens (tertiary/aromatic N) is 3. The van der Waals surface area contributed by atoms with Crippen LogP contribution in [0.5, 0.6) is 0 Å². The topological polar surface area (TPSA) is 58.4 Å². The maximum absolute atomic E-state index is 13.6. The molecule has 0 bridgehead atoms. The van der Waals surface area contributed by atoms with Crippen LogP contribution in [-0.4, -0.2) is 38.3 Å². The second-order valence-electron chi connectivity index (χ2n) is 9.31. The quantitative estimate of drug-likeness (QED) is 0.663. The Morgan fingerprint density at radius 1 is 1.06 bits per heavy atom. The lowest BCUT2D eigenvalue weighted by Crippen LogP contribution is -2.59. The summed E-state index contributed by atoms with van der Waals surface area (Å²) in [6, 6.07) is 22.2. The molecule has 3 atom stereocenters. The molecule has 166 valence electrons. The van der Waals surface area contributed by atoms with Crippen molar-refractivity contribution in [3.63, 3.8) is 0 Å². The van der Waals surface area contributed by atoms with Gasteiger partial charge in [0.1, 0.15) is 0 Å².